The molecule has 0 fully saturated rings. The lowest BCUT2D eigenvalue weighted by molar-refractivity contribution is 1.21. The van der Waals surface area contributed by atoms with Crippen LogP contribution >= 0.6 is 66.7 Å². The minimum absolute atomic E-state index is 0.157. The van der Waals surface area contributed by atoms with Crippen LogP contribution in [0, 0.1) is 0 Å². The van der Waals surface area contributed by atoms with Gasteiger partial charge >= 0.3 is 0 Å². The number of fused-ring (bicyclic) bond motifs is 2. The molecule has 2 aromatic heterocycles. The zero-order valence-electron chi connectivity index (χ0n) is 13.6. The highest BCUT2D eigenvalue weighted by Crippen LogP contribution is 2.28. The number of benzene rings is 2. The van der Waals surface area contributed by atoms with Crippen LogP contribution in [0.2, 0.25) is 15.7 Å². The van der Waals surface area contributed by atoms with Crippen LogP contribution in [0.3, 0.4) is 0 Å². The van der Waals surface area contributed by atoms with Crippen molar-refractivity contribution >= 4 is 94.3 Å². The van der Waals surface area contributed by atoms with Gasteiger partial charge in [0.2, 0.25) is 10.6 Å². The summed E-state index contributed by atoms with van der Waals surface area (Å²) in [6.45, 7) is 0. The van der Waals surface area contributed by atoms with Crippen molar-refractivity contribution in [3.05, 3.63) is 61.1 Å². The molecule has 2 heterocycles. The van der Waals surface area contributed by atoms with E-state index in [1.165, 1.54) is 0 Å². The zero-order valence-corrected chi connectivity index (χ0v) is 19.1. The van der Waals surface area contributed by atoms with E-state index < -0.39 is 0 Å². The van der Waals surface area contributed by atoms with Gasteiger partial charge in [0, 0.05) is 26.8 Å². The molecule has 2 aromatic carbocycles. The first kappa shape index (κ1) is 20.5. The molecule has 0 radical (unpaired) electrons. The minimum Gasteiger partial charge on any atom is -0.372 e. The van der Waals surface area contributed by atoms with Crippen molar-refractivity contribution in [3.8, 4) is 0 Å². The molecule has 0 atom stereocenters. The quantitative estimate of drug-likeness (QED) is 0.209. The maximum absolute atomic E-state index is 5.88. The molecule has 1 N–H and O–H groups in total. The first-order valence-electron chi connectivity index (χ1n) is 7.47. The summed E-state index contributed by atoms with van der Waals surface area (Å²) in [5, 5.41) is 5.50. The van der Waals surface area contributed by atoms with Crippen molar-refractivity contribution in [1.82, 2.24) is 19.9 Å². The van der Waals surface area contributed by atoms with Gasteiger partial charge in [0.1, 0.15) is 11.0 Å². The molecular formula is C17H10Br2Cl3N5. The summed E-state index contributed by atoms with van der Waals surface area (Å²) in [5.41, 5.74) is 1.55. The average Bonchev–Trinajstić information content (AvgIpc) is 2.63. The van der Waals surface area contributed by atoms with Gasteiger partial charge in [-0.25, -0.2) is 19.9 Å². The second-order valence-corrected chi connectivity index (χ2v) is 7.89. The number of nitrogens with one attached hydrogen (secondary N) is 1. The van der Waals surface area contributed by atoms with E-state index in [4.69, 9.17) is 34.8 Å². The van der Waals surface area contributed by atoms with Crippen LogP contribution < -0.4 is 5.32 Å². The van der Waals surface area contributed by atoms with Gasteiger partial charge in [0.05, 0.1) is 11.0 Å². The molecule has 0 aliphatic heterocycles. The molecule has 4 rings (SSSR count). The Bertz CT molecular complexity index is 1140. The van der Waals surface area contributed by atoms with E-state index in [-0.39, 0.29) is 10.6 Å². The number of aromatic nitrogens is 4. The third-order valence-corrected chi connectivity index (χ3v) is 5.40. The van der Waals surface area contributed by atoms with Crippen LogP contribution in [0.15, 0.2) is 45.3 Å². The number of halogens is 5. The van der Waals surface area contributed by atoms with E-state index in [1.54, 1.807) is 7.05 Å². The molecule has 138 valence electrons. The second-order valence-electron chi connectivity index (χ2n) is 5.15. The van der Waals surface area contributed by atoms with Gasteiger partial charge in [-0.2, -0.15) is 0 Å². The number of nitrogens with zero attached hydrogens (tertiary/aromatic N) is 4. The van der Waals surface area contributed by atoms with Crippen LogP contribution in [0.5, 0.6) is 0 Å². The van der Waals surface area contributed by atoms with Gasteiger partial charge in [-0.05, 0) is 79.3 Å². The first-order chi connectivity index (χ1) is 12.9. The molecule has 0 unspecified atom stereocenters. The molecule has 0 amide bonds. The predicted octanol–water partition coefficient (Wildman–Crippen LogP) is 6.79. The van der Waals surface area contributed by atoms with Gasteiger partial charge in [0.15, 0.2) is 0 Å². The fourth-order valence-electron chi connectivity index (χ4n) is 2.33. The zero-order chi connectivity index (χ0) is 19.6. The first-order valence-corrected chi connectivity index (χ1v) is 10.2. The summed E-state index contributed by atoms with van der Waals surface area (Å²) in [6, 6.07) is 11.4. The fraction of sp³-hybridized carbons (Fsp3) is 0.0588. The standard InChI is InChI=1S/C9H7BrClN3.C8H3BrCl2N2/c1-12-8-5-3-2-4-6(10)7(5)13-9(11)14-8;9-5-3-1-2-4-6(5)12-8(11)13-7(4)10/h2-4H,1H3,(H,12,13,14);1-3H. The predicted molar refractivity (Wildman–Crippen MR) is 119 cm³/mol. The van der Waals surface area contributed by atoms with E-state index in [0.717, 1.165) is 36.6 Å². The topological polar surface area (TPSA) is 63.6 Å². The second kappa shape index (κ2) is 8.84. The summed E-state index contributed by atoms with van der Waals surface area (Å²) in [6.07, 6.45) is 0. The molecule has 5 nitrogen and oxygen atoms in total. The van der Waals surface area contributed by atoms with E-state index >= 15 is 0 Å². The van der Waals surface area contributed by atoms with Crippen molar-refractivity contribution < 1.29 is 0 Å². The van der Waals surface area contributed by atoms with Crippen molar-refractivity contribution in [2.24, 2.45) is 0 Å². The van der Waals surface area contributed by atoms with E-state index in [9.17, 15) is 0 Å². The lowest BCUT2D eigenvalue weighted by atomic mass is 10.2. The van der Waals surface area contributed by atoms with Crippen LogP contribution in [0.4, 0.5) is 5.82 Å². The van der Waals surface area contributed by atoms with E-state index in [2.05, 4.69) is 57.1 Å². The van der Waals surface area contributed by atoms with E-state index in [1.807, 2.05) is 36.4 Å². The number of para-hydroxylation sites is 2. The van der Waals surface area contributed by atoms with Crippen molar-refractivity contribution in [2.75, 3.05) is 12.4 Å². The van der Waals surface area contributed by atoms with Gasteiger partial charge in [-0.1, -0.05) is 23.7 Å². The van der Waals surface area contributed by atoms with Crippen LogP contribution in [0.25, 0.3) is 21.8 Å². The molecule has 4 aromatic rings. The fourth-order valence-corrected chi connectivity index (χ4v) is 3.86. The maximum atomic E-state index is 5.88. The number of hydrogen-bond donors (Lipinski definition) is 1. The summed E-state index contributed by atoms with van der Waals surface area (Å²) in [7, 11) is 1.80. The largest absolute Gasteiger partial charge is 0.372 e. The Labute approximate surface area is 186 Å². The number of rotatable bonds is 1. The molecule has 0 aliphatic rings. The molecule has 0 spiro atoms. The Kier molecular flexibility index (Phi) is 6.70. The number of hydrogen-bond acceptors (Lipinski definition) is 5. The Hall–Kier alpha value is -1.25. The molecule has 0 bridgehead atoms. The smallest absolute Gasteiger partial charge is 0.224 e. The molecule has 0 aliphatic carbocycles. The lowest BCUT2D eigenvalue weighted by Crippen LogP contribution is -1.96. The van der Waals surface area contributed by atoms with Gasteiger partial charge in [-0.3, -0.25) is 0 Å². The monoisotopic (exact) mass is 547 g/mol. The minimum atomic E-state index is 0.157. The average molecular weight is 550 g/mol. The third-order valence-electron chi connectivity index (χ3n) is 3.49. The van der Waals surface area contributed by atoms with Crippen LogP contribution in [-0.4, -0.2) is 27.0 Å². The molecule has 27 heavy (non-hydrogen) atoms. The summed E-state index contributed by atoms with van der Waals surface area (Å²) < 4.78 is 1.77. The van der Waals surface area contributed by atoms with Crippen molar-refractivity contribution in [1.29, 1.82) is 0 Å². The SMILES string of the molecule is CNc1nc(Cl)nc2c(Br)cccc12.Clc1nc(Cl)c2cccc(Br)c2n1. The highest BCUT2D eigenvalue weighted by atomic mass is 79.9. The summed E-state index contributed by atoms with van der Waals surface area (Å²) in [4.78, 5) is 16.1. The molecular weight excluding hydrogens is 540 g/mol. The van der Waals surface area contributed by atoms with Crippen molar-refractivity contribution in [2.45, 2.75) is 0 Å². The highest BCUT2D eigenvalue weighted by Gasteiger charge is 2.07. The Morgan fingerprint density at radius 2 is 1.26 bits per heavy atom. The van der Waals surface area contributed by atoms with Crippen LogP contribution in [0.1, 0.15) is 0 Å². The normalized spacial score (nSPS) is 10.6. The molecule has 0 saturated heterocycles. The summed E-state index contributed by atoms with van der Waals surface area (Å²) in [5.74, 6) is 0.737. The Morgan fingerprint density at radius 1 is 0.741 bits per heavy atom. The van der Waals surface area contributed by atoms with Gasteiger partial charge in [0.25, 0.3) is 0 Å². The Balaban J connectivity index is 0.000000156. The number of anilines is 1. The van der Waals surface area contributed by atoms with Gasteiger partial charge < -0.3 is 5.32 Å². The van der Waals surface area contributed by atoms with Crippen LogP contribution in [-0.2, 0) is 0 Å². The lowest BCUT2D eigenvalue weighted by Gasteiger charge is -2.05. The van der Waals surface area contributed by atoms with Crippen molar-refractivity contribution in [3.63, 3.8) is 0 Å². The third kappa shape index (κ3) is 4.60. The highest BCUT2D eigenvalue weighted by molar-refractivity contribution is 9.11. The molecule has 0 saturated carbocycles. The summed E-state index contributed by atoms with van der Waals surface area (Å²) >= 11 is 24.1. The Morgan fingerprint density at radius 3 is 1.85 bits per heavy atom. The molecule has 10 heteroatoms. The van der Waals surface area contributed by atoms with Gasteiger partial charge in [-0.15, -0.1) is 0 Å². The maximum Gasteiger partial charge on any atom is 0.224 e. The van der Waals surface area contributed by atoms with E-state index in [0.29, 0.717) is 5.15 Å².